The molecule has 0 spiro atoms. The van der Waals surface area contributed by atoms with Gasteiger partial charge in [-0.2, -0.15) is 0 Å². The predicted octanol–water partition coefficient (Wildman–Crippen LogP) is 1.36. The van der Waals surface area contributed by atoms with E-state index in [1.807, 2.05) is 17.7 Å². The molecule has 0 aliphatic carbocycles. The molecule has 0 unspecified atom stereocenters. The lowest BCUT2D eigenvalue weighted by Gasteiger charge is -2.18. The van der Waals surface area contributed by atoms with E-state index in [0.29, 0.717) is 5.69 Å². The number of nitrogens with zero attached hydrogens (tertiary/aromatic N) is 3. The van der Waals surface area contributed by atoms with E-state index in [9.17, 15) is 8.42 Å². The summed E-state index contributed by atoms with van der Waals surface area (Å²) in [4.78, 5) is 4.21. The molecular formula is C11H15N3O2S. The zero-order valence-corrected chi connectivity index (χ0v) is 10.9. The highest BCUT2D eigenvalue weighted by molar-refractivity contribution is 7.92. The Bertz CT molecular complexity index is 646. The lowest BCUT2D eigenvalue weighted by molar-refractivity contribution is 0.595. The summed E-state index contributed by atoms with van der Waals surface area (Å²) in [5.41, 5.74) is 2.41. The van der Waals surface area contributed by atoms with Gasteiger partial charge in [0.15, 0.2) is 0 Å². The van der Waals surface area contributed by atoms with Crippen LogP contribution in [0.25, 0.3) is 11.0 Å². The smallest absolute Gasteiger partial charge is 0.234 e. The highest BCUT2D eigenvalue weighted by Crippen LogP contribution is 2.22. The number of imidazole rings is 1. The zero-order valence-electron chi connectivity index (χ0n) is 10.1. The molecule has 2 aromatic rings. The maximum absolute atomic E-state index is 11.7. The zero-order chi connectivity index (χ0) is 12.6. The van der Waals surface area contributed by atoms with Crippen molar-refractivity contribution in [3.8, 4) is 0 Å². The monoisotopic (exact) mass is 253 g/mol. The van der Waals surface area contributed by atoms with Crippen molar-refractivity contribution in [1.29, 1.82) is 0 Å². The van der Waals surface area contributed by atoms with E-state index in [1.165, 1.54) is 4.31 Å². The van der Waals surface area contributed by atoms with Crippen LogP contribution in [0.3, 0.4) is 0 Å². The molecule has 0 radical (unpaired) electrons. The van der Waals surface area contributed by atoms with E-state index >= 15 is 0 Å². The standard InChI is InChI=1S/C11H15N3O2S/c1-4-17(15,16)14(3)9-5-6-11-10(7-9)12-8-13(11)2/h5-8H,4H2,1-3H3. The molecule has 0 atom stereocenters. The summed E-state index contributed by atoms with van der Waals surface area (Å²) in [6.45, 7) is 1.63. The van der Waals surface area contributed by atoms with E-state index in [1.54, 1.807) is 32.4 Å². The van der Waals surface area contributed by atoms with Crippen molar-refractivity contribution in [2.75, 3.05) is 17.1 Å². The van der Waals surface area contributed by atoms with E-state index in [-0.39, 0.29) is 5.75 Å². The molecule has 0 aliphatic heterocycles. The van der Waals surface area contributed by atoms with Gasteiger partial charge in [0.05, 0.1) is 28.8 Å². The van der Waals surface area contributed by atoms with Crippen LogP contribution in [0.5, 0.6) is 0 Å². The summed E-state index contributed by atoms with van der Waals surface area (Å²) in [6, 6.07) is 5.44. The first-order valence-corrected chi connectivity index (χ1v) is 6.94. The van der Waals surface area contributed by atoms with Gasteiger partial charge in [-0.1, -0.05) is 0 Å². The topological polar surface area (TPSA) is 55.2 Å². The van der Waals surface area contributed by atoms with Crippen LogP contribution in [0, 0.1) is 0 Å². The molecule has 17 heavy (non-hydrogen) atoms. The number of rotatable bonds is 3. The Hall–Kier alpha value is -1.56. The van der Waals surface area contributed by atoms with Crippen molar-refractivity contribution in [2.45, 2.75) is 6.92 Å². The van der Waals surface area contributed by atoms with E-state index in [0.717, 1.165) is 11.0 Å². The number of aryl methyl sites for hydroxylation is 1. The molecule has 5 nitrogen and oxygen atoms in total. The van der Waals surface area contributed by atoms with Crippen molar-refractivity contribution in [2.24, 2.45) is 7.05 Å². The van der Waals surface area contributed by atoms with E-state index in [2.05, 4.69) is 4.98 Å². The summed E-state index contributed by atoms with van der Waals surface area (Å²) in [7, 11) is 0.248. The number of anilines is 1. The van der Waals surface area contributed by atoms with Crippen molar-refractivity contribution in [1.82, 2.24) is 9.55 Å². The van der Waals surface area contributed by atoms with Gasteiger partial charge in [-0.05, 0) is 25.1 Å². The number of hydrogen-bond donors (Lipinski definition) is 0. The molecule has 1 aromatic heterocycles. The Morgan fingerprint density at radius 3 is 2.76 bits per heavy atom. The summed E-state index contributed by atoms with van der Waals surface area (Å²) >= 11 is 0. The van der Waals surface area contributed by atoms with Gasteiger partial charge < -0.3 is 4.57 Å². The molecule has 6 heteroatoms. The first-order chi connectivity index (χ1) is 7.95. The number of fused-ring (bicyclic) bond motifs is 1. The van der Waals surface area contributed by atoms with E-state index < -0.39 is 10.0 Å². The van der Waals surface area contributed by atoms with Gasteiger partial charge in [0.2, 0.25) is 10.0 Å². The SMILES string of the molecule is CCS(=O)(=O)N(C)c1ccc2c(c1)ncn2C. The summed E-state index contributed by atoms with van der Waals surface area (Å²) < 4.78 is 26.7. The number of hydrogen-bond acceptors (Lipinski definition) is 3. The Kier molecular flexibility index (Phi) is 2.82. The lowest BCUT2D eigenvalue weighted by Crippen LogP contribution is -2.27. The molecule has 0 saturated carbocycles. The Morgan fingerprint density at radius 2 is 2.12 bits per heavy atom. The number of benzene rings is 1. The van der Waals surface area contributed by atoms with Gasteiger partial charge >= 0.3 is 0 Å². The maximum Gasteiger partial charge on any atom is 0.234 e. The van der Waals surface area contributed by atoms with Crippen LogP contribution in [-0.2, 0) is 17.1 Å². The van der Waals surface area contributed by atoms with E-state index in [4.69, 9.17) is 0 Å². The third-order valence-corrected chi connectivity index (χ3v) is 4.63. The van der Waals surface area contributed by atoms with Crippen molar-refractivity contribution < 1.29 is 8.42 Å². The Balaban J connectivity index is 2.50. The minimum atomic E-state index is -3.21. The van der Waals surface area contributed by atoms with Crippen molar-refractivity contribution in [3.05, 3.63) is 24.5 Å². The second-order valence-electron chi connectivity index (χ2n) is 3.90. The van der Waals surface area contributed by atoms with Gasteiger partial charge in [-0.15, -0.1) is 0 Å². The van der Waals surface area contributed by atoms with Crippen molar-refractivity contribution >= 4 is 26.7 Å². The Morgan fingerprint density at radius 1 is 1.41 bits per heavy atom. The van der Waals surface area contributed by atoms with Crippen LogP contribution in [0.15, 0.2) is 24.5 Å². The van der Waals surface area contributed by atoms with Crippen LogP contribution in [0.1, 0.15) is 6.92 Å². The number of sulfonamides is 1. The average molecular weight is 253 g/mol. The summed E-state index contributed by atoms with van der Waals surface area (Å²) in [5.74, 6) is 0.0871. The molecule has 1 aromatic carbocycles. The van der Waals surface area contributed by atoms with Crippen LogP contribution in [0.2, 0.25) is 0 Å². The Labute approximate surface area is 101 Å². The second kappa shape index (κ2) is 4.03. The normalized spacial score (nSPS) is 11.9. The van der Waals surface area contributed by atoms with Crippen LogP contribution >= 0.6 is 0 Å². The van der Waals surface area contributed by atoms with Crippen molar-refractivity contribution in [3.63, 3.8) is 0 Å². The highest BCUT2D eigenvalue weighted by atomic mass is 32.2. The largest absolute Gasteiger partial charge is 0.334 e. The highest BCUT2D eigenvalue weighted by Gasteiger charge is 2.16. The molecule has 2 rings (SSSR count). The minimum absolute atomic E-state index is 0.0871. The fourth-order valence-corrected chi connectivity index (χ4v) is 2.50. The predicted molar refractivity (Wildman–Crippen MR) is 68.6 cm³/mol. The summed E-state index contributed by atoms with van der Waals surface area (Å²) in [6.07, 6.45) is 1.71. The molecule has 0 bridgehead atoms. The van der Waals surface area contributed by atoms with Gasteiger partial charge in [0.25, 0.3) is 0 Å². The molecule has 1 heterocycles. The fourth-order valence-electron chi connectivity index (χ4n) is 1.67. The van der Waals surface area contributed by atoms with Crippen LogP contribution in [0.4, 0.5) is 5.69 Å². The third-order valence-electron chi connectivity index (χ3n) is 2.85. The maximum atomic E-state index is 11.7. The molecular weight excluding hydrogens is 238 g/mol. The second-order valence-corrected chi connectivity index (χ2v) is 6.19. The molecule has 0 amide bonds. The van der Waals surface area contributed by atoms with Gasteiger partial charge in [0.1, 0.15) is 0 Å². The van der Waals surface area contributed by atoms with Gasteiger partial charge in [0, 0.05) is 14.1 Å². The lowest BCUT2D eigenvalue weighted by atomic mass is 10.3. The molecule has 0 saturated heterocycles. The van der Waals surface area contributed by atoms with Crippen LogP contribution < -0.4 is 4.31 Å². The summed E-state index contributed by atoms with van der Waals surface area (Å²) in [5, 5.41) is 0. The quantitative estimate of drug-likeness (QED) is 0.830. The van der Waals surface area contributed by atoms with Gasteiger partial charge in [-0.25, -0.2) is 13.4 Å². The van der Waals surface area contributed by atoms with Gasteiger partial charge in [-0.3, -0.25) is 4.31 Å². The average Bonchev–Trinajstić information content (AvgIpc) is 2.69. The molecule has 0 aliphatic rings. The molecule has 92 valence electrons. The minimum Gasteiger partial charge on any atom is -0.334 e. The first kappa shape index (κ1) is 11.9. The number of aromatic nitrogens is 2. The van der Waals surface area contributed by atoms with Crippen LogP contribution in [-0.4, -0.2) is 30.8 Å². The molecule has 0 N–H and O–H groups in total. The molecule has 0 fully saturated rings. The first-order valence-electron chi connectivity index (χ1n) is 5.33. The fraction of sp³-hybridized carbons (Fsp3) is 0.364. The third kappa shape index (κ3) is 2.00.